The van der Waals surface area contributed by atoms with Crippen LogP contribution in [-0.4, -0.2) is 12.5 Å². The second-order valence-corrected chi connectivity index (χ2v) is 7.10. The van der Waals surface area contributed by atoms with Gasteiger partial charge >= 0.3 is 0 Å². The normalized spacial score (nSPS) is 15.9. The van der Waals surface area contributed by atoms with Gasteiger partial charge in [-0.3, -0.25) is 4.79 Å². The zero-order valence-corrected chi connectivity index (χ0v) is 15.4. The molecule has 3 nitrogen and oxygen atoms in total. The van der Waals surface area contributed by atoms with Crippen molar-refractivity contribution in [2.75, 3.05) is 11.9 Å². The fourth-order valence-electron chi connectivity index (χ4n) is 3.49. The van der Waals surface area contributed by atoms with Crippen molar-refractivity contribution in [1.82, 2.24) is 0 Å². The molecule has 1 N–H and O–H groups in total. The van der Waals surface area contributed by atoms with Gasteiger partial charge in [-0.05, 0) is 49.6 Å². The van der Waals surface area contributed by atoms with Crippen LogP contribution in [0.1, 0.15) is 38.2 Å². The van der Waals surface area contributed by atoms with Gasteiger partial charge in [0.05, 0.1) is 17.7 Å². The number of para-hydroxylation sites is 2. The highest BCUT2D eigenvalue weighted by atomic mass is 79.9. The minimum atomic E-state index is -0.444. The van der Waals surface area contributed by atoms with Crippen LogP contribution in [0.4, 0.5) is 5.69 Å². The fraction of sp³-hybridized carbons (Fsp3) is 0.350. The molecule has 1 aliphatic carbocycles. The highest BCUT2D eigenvalue weighted by molar-refractivity contribution is 9.10. The Morgan fingerprint density at radius 2 is 1.79 bits per heavy atom. The topological polar surface area (TPSA) is 38.3 Å². The maximum Gasteiger partial charge on any atom is 0.235 e. The van der Waals surface area contributed by atoms with E-state index in [0.717, 1.165) is 47.2 Å². The van der Waals surface area contributed by atoms with Gasteiger partial charge in [-0.15, -0.1) is 0 Å². The summed E-state index contributed by atoms with van der Waals surface area (Å²) in [4.78, 5) is 13.2. The number of halogens is 1. The predicted octanol–water partition coefficient (Wildman–Crippen LogP) is 5.30. The molecule has 4 heteroatoms. The van der Waals surface area contributed by atoms with E-state index < -0.39 is 5.41 Å². The van der Waals surface area contributed by atoms with Gasteiger partial charge < -0.3 is 10.1 Å². The summed E-state index contributed by atoms with van der Waals surface area (Å²) < 4.78 is 6.66. The Bertz CT molecular complexity index is 706. The molecule has 2 aromatic carbocycles. The maximum absolute atomic E-state index is 13.2. The van der Waals surface area contributed by atoms with E-state index in [2.05, 4.69) is 33.4 Å². The Hall–Kier alpha value is -1.81. The Balaban J connectivity index is 1.90. The number of ether oxygens (including phenoxy) is 1. The molecule has 0 aliphatic heterocycles. The lowest BCUT2D eigenvalue weighted by atomic mass is 9.78. The summed E-state index contributed by atoms with van der Waals surface area (Å²) in [5, 5.41) is 3.12. The van der Waals surface area contributed by atoms with Crippen LogP contribution in [0, 0.1) is 0 Å². The van der Waals surface area contributed by atoms with Crippen molar-refractivity contribution in [2.45, 2.75) is 38.0 Å². The van der Waals surface area contributed by atoms with Crippen LogP contribution in [0.5, 0.6) is 5.75 Å². The van der Waals surface area contributed by atoms with Gasteiger partial charge in [-0.25, -0.2) is 0 Å². The van der Waals surface area contributed by atoms with Crippen LogP contribution in [0.2, 0.25) is 0 Å². The summed E-state index contributed by atoms with van der Waals surface area (Å²) >= 11 is 3.47. The van der Waals surface area contributed by atoms with Crippen molar-refractivity contribution in [3.05, 3.63) is 58.6 Å². The molecule has 0 spiro atoms. The quantitative estimate of drug-likeness (QED) is 0.755. The van der Waals surface area contributed by atoms with E-state index in [1.54, 1.807) is 0 Å². The minimum absolute atomic E-state index is 0.0643. The third kappa shape index (κ3) is 3.34. The highest BCUT2D eigenvalue weighted by Crippen LogP contribution is 2.42. The Morgan fingerprint density at radius 3 is 2.46 bits per heavy atom. The van der Waals surface area contributed by atoms with Crippen LogP contribution < -0.4 is 10.1 Å². The second-order valence-electron chi connectivity index (χ2n) is 6.18. The number of hydrogen-bond donors (Lipinski definition) is 1. The largest absolute Gasteiger partial charge is 0.492 e. The number of rotatable bonds is 5. The van der Waals surface area contributed by atoms with Gasteiger partial charge in [0.25, 0.3) is 0 Å². The second kappa shape index (κ2) is 7.39. The summed E-state index contributed by atoms with van der Waals surface area (Å²) in [6.07, 6.45) is 3.93. The standard InChI is InChI=1S/C20H22BrNO2/c1-2-24-18-8-4-3-7-17(18)22-19(23)20(13-5-6-14-20)15-9-11-16(21)12-10-15/h3-4,7-12H,2,5-6,13-14H2,1H3,(H,22,23). The maximum atomic E-state index is 13.2. The number of anilines is 1. The number of nitrogens with one attached hydrogen (secondary N) is 1. The van der Waals surface area contributed by atoms with Crippen molar-refractivity contribution in [3.63, 3.8) is 0 Å². The van der Waals surface area contributed by atoms with E-state index in [4.69, 9.17) is 4.74 Å². The summed E-state index contributed by atoms with van der Waals surface area (Å²) in [6.45, 7) is 2.52. The summed E-state index contributed by atoms with van der Waals surface area (Å²) in [7, 11) is 0. The molecule has 3 rings (SSSR count). The van der Waals surface area contributed by atoms with Gasteiger partial charge in [0.1, 0.15) is 5.75 Å². The average molecular weight is 388 g/mol. The molecule has 0 heterocycles. The third-order valence-electron chi connectivity index (χ3n) is 4.72. The summed E-state index contributed by atoms with van der Waals surface area (Å²) in [5.74, 6) is 0.784. The highest BCUT2D eigenvalue weighted by Gasteiger charge is 2.42. The van der Waals surface area contributed by atoms with Crippen molar-refractivity contribution >= 4 is 27.5 Å². The zero-order chi connectivity index (χ0) is 17.0. The fourth-order valence-corrected chi connectivity index (χ4v) is 3.75. The number of hydrogen-bond acceptors (Lipinski definition) is 2. The molecule has 0 radical (unpaired) electrons. The molecular weight excluding hydrogens is 366 g/mol. The Kier molecular flexibility index (Phi) is 5.24. The van der Waals surface area contributed by atoms with Crippen molar-refractivity contribution < 1.29 is 9.53 Å². The predicted molar refractivity (Wildman–Crippen MR) is 101 cm³/mol. The van der Waals surface area contributed by atoms with Gasteiger partial charge in [0.15, 0.2) is 0 Å². The van der Waals surface area contributed by atoms with Crippen molar-refractivity contribution in [1.29, 1.82) is 0 Å². The number of benzene rings is 2. The van der Waals surface area contributed by atoms with Crippen molar-refractivity contribution in [3.8, 4) is 5.75 Å². The van der Waals surface area contributed by atoms with E-state index in [0.29, 0.717) is 6.61 Å². The first-order valence-corrected chi connectivity index (χ1v) is 9.24. The number of carbonyl (C=O) groups excluding carboxylic acids is 1. The molecule has 1 saturated carbocycles. The molecule has 1 fully saturated rings. The molecule has 0 aromatic heterocycles. The molecule has 0 atom stereocenters. The van der Waals surface area contributed by atoms with Crippen LogP contribution in [0.15, 0.2) is 53.0 Å². The first-order valence-electron chi connectivity index (χ1n) is 8.45. The van der Waals surface area contributed by atoms with Crippen LogP contribution in [-0.2, 0) is 10.2 Å². The minimum Gasteiger partial charge on any atom is -0.492 e. The van der Waals surface area contributed by atoms with E-state index in [1.165, 1.54) is 0 Å². The number of amides is 1. The lowest BCUT2D eigenvalue weighted by Crippen LogP contribution is -2.38. The Labute approximate surface area is 151 Å². The van der Waals surface area contributed by atoms with Crippen LogP contribution in [0.25, 0.3) is 0 Å². The summed E-state index contributed by atoms with van der Waals surface area (Å²) in [6, 6.07) is 15.8. The first-order chi connectivity index (χ1) is 11.7. The molecule has 1 aliphatic rings. The first kappa shape index (κ1) is 17.0. The van der Waals surface area contributed by atoms with Crippen molar-refractivity contribution in [2.24, 2.45) is 0 Å². The molecule has 24 heavy (non-hydrogen) atoms. The van der Waals surface area contributed by atoms with E-state index >= 15 is 0 Å². The monoisotopic (exact) mass is 387 g/mol. The third-order valence-corrected chi connectivity index (χ3v) is 5.25. The van der Waals surface area contributed by atoms with Crippen LogP contribution in [0.3, 0.4) is 0 Å². The molecule has 0 bridgehead atoms. The van der Waals surface area contributed by atoms with E-state index in [1.807, 2.05) is 43.3 Å². The molecule has 2 aromatic rings. The van der Waals surface area contributed by atoms with Gasteiger partial charge in [0.2, 0.25) is 5.91 Å². The van der Waals surface area contributed by atoms with Crippen LogP contribution >= 0.6 is 15.9 Å². The molecule has 0 unspecified atom stereocenters. The van der Waals surface area contributed by atoms with E-state index in [-0.39, 0.29) is 5.91 Å². The van der Waals surface area contributed by atoms with Gasteiger partial charge in [-0.2, -0.15) is 0 Å². The number of carbonyl (C=O) groups is 1. The Morgan fingerprint density at radius 1 is 1.12 bits per heavy atom. The lowest BCUT2D eigenvalue weighted by molar-refractivity contribution is -0.121. The molecule has 0 saturated heterocycles. The molecular formula is C20H22BrNO2. The SMILES string of the molecule is CCOc1ccccc1NC(=O)C1(c2ccc(Br)cc2)CCCC1. The lowest BCUT2D eigenvalue weighted by Gasteiger charge is -2.28. The molecule has 126 valence electrons. The van der Waals surface area contributed by atoms with Gasteiger partial charge in [0, 0.05) is 4.47 Å². The van der Waals surface area contributed by atoms with Gasteiger partial charge in [-0.1, -0.05) is 53.0 Å². The average Bonchev–Trinajstić information content (AvgIpc) is 3.08. The van der Waals surface area contributed by atoms with E-state index in [9.17, 15) is 4.79 Å². The molecule has 1 amide bonds. The smallest absolute Gasteiger partial charge is 0.235 e. The summed E-state index contributed by atoms with van der Waals surface area (Å²) in [5.41, 5.74) is 1.39. The zero-order valence-electron chi connectivity index (χ0n) is 13.8.